The fourth-order valence-electron chi connectivity index (χ4n) is 4.23. The summed E-state index contributed by atoms with van der Waals surface area (Å²) in [7, 11) is 0. The summed E-state index contributed by atoms with van der Waals surface area (Å²) in [5.74, 6) is 0.896. The second-order valence-electron chi connectivity index (χ2n) is 7.73. The van der Waals surface area contributed by atoms with Gasteiger partial charge in [0.05, 0.1) is 5.56 Å². The first-order valence-corrected chi connectivity index (χ1v) is 11.2. The summed E-state index contributed by atoms with van der Waals surface area (Å²) in [5, 5.41) is 13.5. The molecule has 6 nitrogen and oxygen atoms in total. The molecule has 2 aliphatic rings. The van der Waals surface area contributed by atoms with Crippen LogP contribution >= 0.6 is 11.8 Å². The van der Waals surface area contributed by atoms with E-state index in [2.05, 4.69) is 10.3 Å². The van der Waals surface area contributed by atoms with E-state index in [0.29, 0.717) is 34.3 Å². The van der Waals surface area contributed by atoms with Crippen molar-refractivity contribution < 1.29 is 9.90 Å². The number of nitrogens with one attached hydrogen (secondary N) is 2. The first kappa shape index (κ1) is 19.6. The number of rotatable bonds is 4. The molecule has 1 aliphatic carbocycles. The van der Waals surface area contributed by atoms with Gasteiger partial charge in [-0.15, -0.1) is 0 Å². The second-order valence-corrected chi connectivity index (χ2v) is 8.69. The summed E-state index contributed by atoms with van der Waals surface area (Å²) in [6, 6.07) is 16.7. The van der Waals surface area contributed by atoms with Gasteiger partial charge in [-0.3, -0.25) is 9.59 Å². The van der Waals surface area contributed by atoms with Gasteiger partial charge < -0.3 is 15.4 Å². The number of benzene rings is 2. The Bertz CT molecular complexity index is 1230. The lowest BCUT2D eigenvalue weighted by molar-refractivity contribution is -0.116. The van der Waals surface area contributed by atoms with Crippen LogP contribution in [0.15, 0.2) is 75.8 Å². The van der Waals surface area contributed by atoms with E-state index in [1.807, 2.05) is 30.3 Å². The third kappa shape index (κ3) is 3.77. The molecule has 5 rings (SSSR count). The molecule has 0 fully saturated rings. The number of thioether (sulfide) groups is 1. The van der Waals surface area contributed by atoms with Crippen molar-refractivity contribution in [1.29, 1.82) is 0 Å². The fraction of sp³-hybridized carbons (Fsp3) is 0.208. The Kier molecular flexibility index (Phi) is 5.11. The van der Waals surface area contributed by atoms with Crippen molar-refractivity contribution in [2.24, 2.45) is 0 Å². The Morgan fingerprint density at radius 2 is 1.81 bits per heavy atom. The molecule has 0 unspecified atom stereocenters. The summed E-state index contributed by atoms with van der Waals surface area (Å²) < 4.78 is 0. The van der Waals surface area contributed by atoms with Crippen LogP contribution in [0.1, 0.15) is 41.9 Å². The third-order valence-corrected chi connectivity index (χ3v) is 6.63. The lowest BCUT2D eigenvalue weighted by Gasteiger charge is -2.32. The van der Waals surface area contributed by atoms with E-state index in [-0.39, 0.29) is 17.1 Å². The molecule has 0 bridgehead atoms. The van der Waals surface area contributed by atoms with Gasteiger partial charge in [-0.05, 0) is 36.1 Å². The molecule has 0 saturated carbocycles. The third-order valence-electron chi connectivity index (χ3n) is 5.68. The fourth-order valence-corrected chi connectivity index (χ4v) is 5.05. The van der Waals surface area contributed by atoms with Crippen LogP contribution in [-0.2, 0) is 10.5 Å². The average molecular weight is 432 g/mol. The van der Waals surface area contributed by atoms with Gasteiger partial charge in [0.25, 0.3) is 5.56 Å². The molecule has 2 heterocycles. The number of carbonyl (C=O) groups is 1. The Balaban J connectivity index is 1.57. The number of fused-ring (bicyclic) bond motifs is 1. The van der Waals surface area contributed by atoms with Crippen LogP contribution in [0.4, 0.5) is 5.82 Å². The quantitative estimate of drug-likeness (QED) is 0.420. The molecule has 1 atom stereocenters. The van der Waals surface area contributed by atoms with E-state index in [9.17, 15) is 14.7 Å². The zero-order valence-corrected chi connectivity index (χ0v) is 17.5. The molecule has 0 radical (unpaired) electrons. The predicted octanol–water partition coefficient (Wildman–Crippen LogP) is 4.33. The number of nitrogens with zero attached hydrogens (tertiary/aromatic N) is 1. The highest BCUT2D eigenvalue weighted by molar-refractivity contribution is 7.98. The number of Topliss-reactive ketones (excluding diaryl/α,β-unsaturated/α-hetero) is 1. The molecular weight excluding hydrogens is 410 g/mol. The molecule has 31 heavy (non-hydrogen) atoms. The molecule has 3 aromatic rings. The molecule has 7 heteroatoms. The number of hydrogen-bond acceptors (Lipinski definition) is 6. The molecule has 0 spiro atoms. The van der Waals surface area contributed by atoms with Crippen LogP contribution in [0.3, 0.4) is 0 Å². The molecule has 0 saturated heterocycles. The highest BCUT2D eigenvalue weighted by Crippen LogP contribution is 2.43. The largest absolute Gasteiger partial charge is 0.508 e. The normalized spacial score (nSPS) is 17.7. The van der Waals surface area contributed by atoms with E-state index in [1.165, 1.54) is 11.8 Å². The summed E-state index contributed by atoms with van der Waals surface area (Å²) in [6.07, 6.45) is 2.00. The average Bonchev–Trinajstić information content (AvgIpc) is 2.78. The lowest BCUT2D eigenvalue weighted by atomic mass is 9.76. The number of allylic oxidation sites excluding steroid dienone is 2. The van der Waals surface area contributed by atoms with Gasteiger partial charge in [-0.1, -0.05) is 54.2 Å². The molecule has 0 amide bonds. The number of aromatic nitrogens is 2. The minimum Gasteiger partial charge on any atom is -0.508 e. The minimum atomic E-state index is -0.496. The number of hydrogen-bond donors (Lipinski definition) is 3. The standard InChI is InChI=1S/C24H21N3O3S/c28-16-11-9-15(10-12-16)19-20-17(7-4-8-18(20)29)25-22-21(19)23(30)27-24(26-22)31-13-14-5-2-1-3-6-14/h1-3,5-6,9-12,19,28H,4,7-8,13H2,(H2,25,26,27,30)/t19-/m1/s1. The number of aromatic amines is 1. The first-order chi connectivity index (χ1) is 15.1. The molecule has 3 N–H and O–H groups in total. The lowest BCUT2D eigenvalue weighted by Crippen LogP contribution is -2.32. The Morgan fingerprint density at radius 1 is 1.03 bits per heavy atom. The maximum atomic E-state index is 13.2. The van der Waals surface area contributed by atoms with Crippen LogP contribution < -0.4 is 10.9 Å². The van der Waals surface area contributed by atoms with Gasteiger partial charge >= 0.3 is 0 Å². The number of aromatic hydroxyl groups is 1. The van der Waals surface area contributed by atoms with Gasteiger partial charge in [0.15, 0.2) is 10.9 Å². The van der Waals surface area contributed by atoms with Crippen LogP contribution in [-0.4, -0.2) is 20.9 Å². The van der Waals surface area contributed by atoms with Gasteiger partial charge in [-0.2, -0.15) is 0 Å². The van der Waals surface area contributed by atoms with Crippen molar-refractivity contribution in [3.05, 3.63) is 92.9 Å². The van der Waals surface area contributed by atoms with Crippen molar-refractivity contribution in [2.75, 3.05) is 5.32 Å². The smallest absolute Gasteiger partial charge is 0.257 e. The monoisotopic (exact) mass is 431 g/mol. The van der Waals surface area contributed by atoms with Crippen LogP contribution in [0.2, 0.25) is 0 Å². The first-order valence-electron chi connectivity index (χ1n) is 10.2. The van der Waals surface area contributed by atoms with E-state index in [4.69, 9.17) is 4.98 Å². The van der Waals surface area contributed by atoms with E-state index < -0.39 is 5.92 Å². The van der Waals surface area contributed by atoms with E-state index in [0.717, 1.165) is 29.7 Å². The number of anilines is 1. The van der Waals surface area contributed by atoms with E-state index >= 15 is 0 Å². The zero-order valence-electron chi connectivity index (χ0n) is 16.7. The maximum Gasteiger partial charge on any atom is 0.257 e. The molecule has 2 aromatic carbocycles. The summed E-state index contributed by atoms with van der Waals surface area (Å²) >= 11 is 1.47. The van der Waals surface area contributed by atoms with Crippen molar-refractivity contribution in [3.8, 4) is 5.75 Å². The highest BCUT2D eigenvalue weighted by atomic mass is 32.2. The summed E-state index contributed by atoms with van der Waals surface area (Å²) in [5.41, 5.74) is 3.62. The molecule has 1 aliphatic heterocycles. The van der Waals surface area contributed by atoms with Crippen molar-refractivity contribution >= 4 is 23.4 Å². The summed E-state index contributed by atoms with van der Waals surface area (Å²) in [4.78, 5) is 33.6. The number of phenolic OH excluding ortho intramolecular Hbond substituents is 1. The number of ketones is 1. The second kappa shape index (κ2) is 8.07. The van der Waals surface area contributed by atoms with Crippen molar-refractivity contribution in [3.63, 3.8) is 0 Å². The van der Waals surface area contributed by atoms with Gasteiger partial charge in [0, 0.05) is 29.4 Å². The molecule has 1 aromatic heterocycles. The van der Waals surface area contributed by atoms with Crippen molar-refractivity contribution in [1.82, 2.24) is 9.97 Å². The maximum absolute atomic E-state index is 13.2. The zero-order chi connectivity index (χ0) is 21.4. The Hall–Kier alpha value is -3.32. The van der Waals surface area contributed by atoms with Gasteiger partial charge in [0.1, 0.15) is 11.6 Å². The van der Waals surface area contributed by atoms with Crippen molar-refractivity contribution in [2.45, 2.75) is 36.1 Å². The van der Waals surface area contributed by atoms with Crippen LogP contribution in [0.25, 0.3) is 0 Å². The molecular formula is C24H21N3O3S. The van der Waals surface area contributed by atoms with E-state index in [1.54, 1.807) is 24.3 Å². The minimum absolute atomic E-state index is 0.0550. The van der Waals surface area contributed by atoms with Crippen LogP contribution in [0, 0.1) is 0 Å². The van der Waals surface area contributed by atoms with Gasteiger partial charge in [-0.25, -0.2) is 4.98 Å². The predicted molar refractivity (Wildman–Crippen MR) is 120 cm³/mol. The van der Waals surface area contributed by atoms with Crippen LogP contribution in [0.5, 0.6) is 5.75 Å². The Labute approximate surface area is 183 Å². The topological polar surface area (TPSA) is 95.1 Å². The number of H-pyrrole nitrogens is 1. The summed E-state index contributed by atoms with van der Waals surface area (Å²) in [6.45, 7) is 0. The number of phenols is 1. The Morgan fingerprint density at radius 3 is 2.58 bits per heavy atom. The van der Waals surface area contributed by atoms with Gasteiger partial charge in [0.2, 0.25) is 0 Å². The molecule has 156 valence electrons. The number of carbonyl (C=O) groups excluding carboxylic acids is 1. The SMILES string of the molecule is O=C1CCCC2=C1[C@@H](c1ccc(O)cc1)c1c(nc(SCc3ccccc3)[nH]c1=O)N2. The highest BCUT2D eigenvalue weighted by Gasteiger charge is 2.37.